The molecule has 0 saturated heterocycles. The molecule has 0 spiro atoms. The number of imidazole rings is 1. The molecular formula is C6H11N2PW. The molecule has 0 N–H and O–H groups in total. The van der Waals surface area contributed by atoms with Gasteiger partial charge in [0, 0.05) is 40.0 Å². The molecule has 0 aliphatic carbocycles. The quantitative estimate of drug-likeness (QED) is 0.588. The second-order valence-corrected chi connectivity index (χ2v) is 1.55. The van der Waals surface area contributed by atoms with E-state index < -0.39 is 0 Å². The van der Waals surface area contributed by atoms with Gasteiger partial charge in [0.25, 0.3) is 0 Å². The summed E-state index contributed by atoms with van der Waals surface area (Å²) < 4.78 is 1.95. The number of hydrogen-bond donors (Lipinski definition) is 0. The first-order chi connectivity index (χ1) is 3.93. The average Bonchev–Trinajstić information content (AvgIpc) is 2.19. The van der Waals surface area contributed by atoms with Crippen LogP contribution in [0.3, 0.4) is 0 Å². The zero-order valence-corrected chi connectivity index (χ0v) is 10.1. The molecule has 56 valence electrons. The first kappa shape index (κ1) is 12.7. The summed E-state index contributed by atoms with van der Waals surface area (Å²) in [6.45, 7) is 4.43. The Morgan fingerprint density at radius 2 is 2.30 bits per heavy atom. The molecule has 0 aromatic carbocycles. The molecule has 0 aliphatic heterocycles. The topological polar surface area (TPSA) is 17.8 Å². The third-order valence-electron chi connectivity index (χ3n) is 0.899. The number of nitrogens with zero attached hydrogens (tertiary/aromatic N) is 2. The Morgan fingerprint density at radius 3 is 2.70 bits per heavy atom. The number of hydrogen-bond acceptors (Lipinski definition) is 1. The fraction of sp³-hybridized carbons (Fsp3) is 0.167. The van der Waals surface area contributed by atoms with Gasteiger partial charge in [-0.1, -0.05) is 6.08 Å². The molecule has 0 bridgehead atoms. The molecule has 4 heteroatoms. The third-order valence-corrected chi connectivity index (χ3v) is 0.899. The van der Waals surface area contributed by atoms with E-state index in [0.29, 0.717) is 0 Å². The Kier molecular flexibility index (Phi) is 9.13. The maximum atomic E-state index is 3.86. The van der Waals surface area contributed by atoms with E-state index in [1.54, 1.807) is 12.5 Å². The molecule has 0 aliphatic rings. The van der Waals surface area contributed by atoms with E-state index in [0.717, 1.165) is 6.54 Å². The molecule has 1 aromatic rings. The van der Waals surface area contributed by atoms with Gasteiger partial charge in [-0.2, -0.15) is 9.90 Å². The van der Waals surface area contributed by atoms with Gasteiger partial charge in [-0.3, -0.25) is 0 Å². The van der Waals surface area contributed by atoms with Gasteiger partial charge in [-0.05, 0) is 0 Å². The van der Waals surface area contributed by atoms with E-state index in [9.17, 15) is 0 Å². The predicted molar refractivity (Wildman–Crippen MR) is 43.5 cm³/mol. The van der Waals surface area contributed by atoms with Crippen molar-refractivity contribution in [1.29, 1.82) is 0 Å². The first-order valence-electron chi connectivity index (χ1n) is 2.50. The summed E-state index contributed by atoms with van der Waals surface area (Å²) in [6, 6.07) is 0. The van der Waals surface area contributed by atoms with Crippen molar-refractivity contribution in [1.82, 2.24) is 9.55 Å². The third kappa shape index (κ3) is 3.98. The standard InChI is InChI=1S/C6H8N2.H3P.W/c1-2-4-8-5-3-7-6-8;;/h2-3,5-6H,1,4H2;1H3;. The molecule has 1 aromatic heterocycles. The fourth-order valence-corrected chi connectivity index (χ4v) is 0.544. The van der Waals surface area contributed by atoms with E-state index in [1.807, 2.05) is 16.8 Å². The van der Waals surface area contributed by atoms with Gasteiger partial charge in [0.1, 0.15) is 0 Å². The molecule has 10 heavy (non-hydrogen) atoms. The second kappa shape index (κ2) is 7.18. The Balaban J connectivity index is 0. The molecule has 0 radical (unpaired) electrons. The maximum Gasteiger partial charge on any atom is 0.0948 e. The molecule has 1 unspecified atom stereocenters. The molecular weight excluding hydrogens is 315 g/mol. The second-order valence-electron chi connectivity index (χ2n) is 1.55. The Hall–Kier alpha value is 0.0683. The number of aromatic nitrogens is 2. The maximum absolute atomic E-state index is 3.86. The minimum Gasteiger partial charge on any atom is -0.334 e. The van der Waals surface area contributed by atoms with Crippen molar-refractivity contribution in [3.63, 3.8) is 0 Å². The van der Waals surface area contributed by atoms with Crippen molar-refractivity contribution in [2.24, 2.45) is 0 Å². The monoisotopic (exact) mass is 326 g/mol. The van der Waals surface area contributed by atoms with Gasteiger partial charge in [0.2, 0.25) is 0 Å². The number of rotatable bonds is 2. The van der Waals surface area contributed by atoms with Crippen LogP contribution in [0.1, 0.15) is 0 Å². The van der Waals surface area contributed by atoms with Crippen molar-refractivity contribution in [3.05, 3.63) is 31.4 Å². The van der Waals surface area contributed by atoms with Crippen LogP contribution in [-0.2, 0) is 27.6 Å². The summed E-state index contributed by atoms with van der Waals surface area (Å²) in [5.41, 5.74) is 0. The van der Waals surface area contributed by atoms with E-state index in [1.165, 1.54) is 0 Å². The molecule has 1 atom stereocenters. The zero-order chi connectivity index (χ0) is 5.82. The molecule has 0 saturated carbocycles. The Morgan fingerprint density at radius 1 is 1.60 bits per heavy atom. The van der Waals surface area contributed by atoms with E-state index in [-0.39, 0.29) is 31.0 Å². The van der Waals surface area contributed by atoms with E-state index >= 15 is 0 Å². The first-order valence-corrected chi connectivity index (χ1v) is 2.50. The SMILES string of the molecule is C=CCn1ccnc1.P.[W]. The van der Waals surface area contributed by atoms with Gasteiger partial charge in [-0.25, -0.2) is 4.98 Å². The van der Waals surface area contributed by atoms with Crippen molar-refractivity contribution in [2.45, 2.75) is 6.54 Å². The van der Waals surface area contributed by atoms with Gasteiger partial charge in [-0.15, -0.1) is 6.58 Å². The minimum absolute atomic E-state index is 0. The Labute approximate surface area is 78.6 Å². The van der Waals surface area contributed by atoms with Crippen LogP contribution >= 0.6 is 9.90 Å². The van der Waals surface area contributed by atoms with Crippen LogP contribution in [0.4, 0.5) is 0 Å². The molecule has 2 nitrogen and oxygen atoms in total. The summed E-state index contributed by atoms with van der Waals surface area (Å²) >= 11 is 0. The van der Waals surface area contributed by atoms with E-state index in [2.05, 4.69) is 11.6 Å². The van der Waals surface area contributed by atoms with Crippen LogP contribution in [0.5, 0.6) is 0 Å². The summed E-state index contributed by atoms with van der Waals surface area (Å²) in [6.07, 6.45) is 7.26. The molecule has 0 fully saturated rings. The van der Waals surface area contributed by atoms with Crippen molar-refractivity contribution in [3.8, 4) is 0 Å². The van der Waals surface area contributed by atoms with Crippen molar-refractivity contribution < 1.29 is 21.1 Å². The van der Waals surface area contributed by atoms with Crippen LogP contribution in [0.25, 0.3) is 0 Å². The predicted octanol–water partition coefficient (Wildman–Crippen LogP) is 1.12. The smallest absolute Gasteiger partial charge is 0.0948 e. The largest absolute Gasteiger partial charge is 0.334 e. The zero-order valence-electron chi connectivity index (χ0n) is 5.73. The van der Waals surface area contributed by atoms with E-state index in [4.69, 9.17) is 0 Å². The van der Waals surface area contributed by atoms with Crippen LogP contribution in [-0.4, -0.2) is 9.55 Å². The summed E-state index contributed by atoms with van der Waals surface area (Å²) in [5.74, 6) is 0. The van der Waals surface area contributed by atoms with Gasteiger partial charge >= 0.3 is 0 Å². The average molecular weight is 326 g/mol. The summed E-state index contributed by atoms with van der Waals surface area (Å²) in [5, 5.41) is 0. The van der Waals surface area contributed by atoms with Gasteiger partial charge < -0.3 is 4.57 Å². The normalized spacial score (nSPS) is 7.20. The Bertz CT molecular complexity index is 162. The van der Waals surface area contributed by atoms with Crippen molar-refractivity contribution in [2.75, 3.05) is 0 Å². The fourth-order valence-electron chi connectivity index (χ4n) is 0.544. The summed E-state index contributed by atoms with van der Waals surface area (Å²) in [7, 11) is 0. The molecule has 0 amide bonds. The minimum atomic E-state index is 0. The van der Waals surface area contributed by atoms with Crippen LogP contribution in [0, 0.1) is 0 Å². The van der Waals surface area contributed by atoms with Gasteiger partial charge in [0.05, 0.1) is 6.33 Å². The van der Waals surface area contributed by atoms with Crippen LogP contribution in [0.15, 0.2) is 31.4 Å². The number of allylic oxidation sites excluding steroid dienone is 1. The van der Waals surface area contributed by atoms with Crippen LogP contribution < -0.4 is 0 Å². The van der Waals surface area contributed by atoms with Gasteiger partial charge in [0.15, 0.2) is 0 Å². The van der Waals surface area contributed by atoms with Crippen LogP contribution in [0.2, 0.25) is 0 Å². The van der Waals surface area contributed by atoms with Crippen molar-refractivity contribution >= 4 is 9.90 Å². The molecule has 1 heterocycles. The summed E-state index contributed by atoms with van der Waals surface area (Å²) in [4.78, 5) is 3.86. The molecule has 1 rings (SSSR count).